The number of hydrogen-bond donors (Lipinski definition) is 1. The molecule has 0 saturated heterocycles. The Morgan fingerprint density at radius 2 is 2.03 bits per heavy atom. The largest absolute Gasteiger partial charge is 0.497 e. The zero-order valence-corrected chi connectivity index (χ0v) is 18.1. The second kappa shape index (κ2) is 10.7. The molecule has 0 bridgehead atoms. The van der Waals surface area contributed by atoms with E-state index in [-0.39, 0.29) is 5.91 Å². The number of aromatic nitrogens is 2. The van der Waals surface area contributed by atoms with Crippen LogP contribution in [0.2, 0.25) is 0 Å². The molecule has 1 N–H and O–H groups in total. The number of aryl methyl sites for hydroxylation is 1. The molecular weight excluding hydrogens is 402 g/mol. The lowest BCUT2D eigenvalue weighted by Gasteiger charge is -2.09. The normalized spacial score (nSPS) is 10.6. The van der Waals surface area contributed by atoms with Gasteiger partial charge in [0.25, 0.3) is 11.1 Å². The molecule has 3 rings (SSSR count). The minimum Gasteiger partial charge on any atom is -0.497 e. The lowest BCUT2D eigenvalue weighted by atomic mass is 10.1. The van der Waals surface area contributed by atoms with Crippen LogP contribution in [0.25, 0.3) is 0 Å². The van der Waals surface area contributed by atoms with Gasteiger partial charge in [0.2, 0.25) is 0 Å². The summed E-state index contributed by atoms with van der Waals surface area (Å²) in [4.78, 5) is 16.8. The van der Waals surface area contributed by atoms with Crippen LogP contribution in [0, 0.1) is 6.92 Å². The molecule has 0 spiro atoms. The maximum absolute atomic E-state index is 12.3. The SMILES string of the molecule is COCCCNC(=O)c1ccc(C)c(Oc2nc(Cc3cccc(OC)c3)ns2)c1. The molecule has 0 saturated carbocycles. The standard InChI is InChI=1S/C22H25N3O4S/c1-15-8-9-17(21(26)23-10-5-11-27-2)14-19(15)29-22-24-20(25-30-22)13-16-6-4-7-18(12-16)28-3/h4,6-9,12,14H,5,10-11,13H2,1-3H3,(H,23,26). The first-order valence-electron chi connectivity index (χ1n) is 9.60. The van der Waals surface area contributed by atoms with Gasteiger partial charge in [-0.05, 0) is 48.7 Å². The highest BCUT2D eigenvalue weighted by molar-refractivity contribution is 7.07. The van der Waals surface area contributed by atoms with Gasteiger partial charge < -0.3 is 19.5 Å². The minimum absolute atomic E-state index is 0.146. The van der Waals surface area contributed by atoms with Crippen molar-refractivity contribution in [3.05, 3.63) is 65.0 Å². The molecule has 0 atom stereocenters. The van der Waals surface area contributed by atoms with Crippen LogP contribution in [0.5, 0.6) is 16.7 Å². The molecule has 1 aromatic heterocycles. The van der Waals surface area contributed by atoms with Gasteiger partial charge in [-0.25, -0.2) is 0 Å². The number of nitrogens with one attached hydrogen (secondary N) is 1. The van der Waals surface area contributed by atoms with E-state index < -0.39 is 0 Å². The van der Waals surface area contributed by atoms with Gasteiger partial charge in [-0.15, -0.1) is 0 Å². The smallest absolute Gasteiger partial charge is 0.298 e. The fourth-order valence-corrected chi connectivity index (χ4v) is 3.34. The van der Waals surface area contributed by atoms with E-state index in [1.165, 1.54) is 11.5 Å². The summed E-state index contributed by atoms with van der Waals surface area (Å²) in [6.07, 6.45) is 1.35. The van der Waals surface area contributed by atoms with Gasteiger partial charge in [0.1, 0.15) is 11.5 Å². The molecule has 158 valence electrons. The van der Waals surface area contributed by atoms with Crippen molar-refractivity contribution < 1.29 is 19.0 Å². The Hall–Kier alpha value is -2.97. The van der Waals surface area contributed by atoms with Crippen molar-refractivity contribution in [3.63, 3.8) is 0 Å². The lowest BCUT2D eigenvalue weighted by molar-refractivity contribution is 0.0948. The summed E-state index contributed by atoms with van der Waals surface area (Å²) in [5.74, 6) is 1.91. The van der Waals surface area contributed by atoms with Crippen molar-refractivity contribution in [2.75, 3.05) is 27.4 Å². The molecule has 1 heterocycles. The molecule has 0 radical (unpaired) electrons. The molecule has 0 aliphatic carbocycles. The van der Waals surface area contributed by atoms with Crippen molar-refractivity contribution in [2.45, 2.75) is 19.8 Å². The van der Waals surface area contributed by atoms with Gasteiger partial charge in [-0.1, -0.05) is 18.2 Å². The van der Waals surface area contributed by atoms with Gasteiger partial charge >= 0.3 is 0 Å². The monoisotopic (exact) mass is 427 g/mol. The number of methoxy groups -OCH3 is 2. The lowest BCUT2D eigenvalue weighted by Crippen LogP contribution is -2.25. The van der Waals surface area contributed by atoms with Crippen LogP contribution in [-0.2, 0) is 11.2 Å². The topological polar surface area (TPSA) is 82.6 Å². The van der Waals surface area contributed by atoms with Crippen LogP contribution in [0.1, 0.15) is 33.7 Å². The van der Waals surface area contributed by atoms with Gasteiger partial charge in [0.05, 0.1) is 7.11 Å². The number of hydrogen-bond acceptors (Lipinski definition) is 7. The van der Waals surface area contributed by atoms with E-state index in [1.807, 2.05) is 37.3 Å². The van der Waals surface area contributed by atoms with E-state index in [9.17, 15) is 4.79 Å². The van der Waals surface area contributed by atoms with E-state index >= 15 is 0 Å². The molecule has 0 unspecified atom stereocenters. The maximum atomic E-state index is 12.3. The van der Waals surface area contributed by atoms with Gasteiger partial charge in [0, 0.05) is 43.8 Å². The average Bonchev–Trinajstić information content (AvgIpc) is 3.19. The second-order valence-electron chi connectivity index (χ2n) is 6.69. The summed E-state index contributed by atoms with van der Waals surface area (Å²) in [6, 6.07) is 13.2. The van der Waals surface area contributed by atoms with E-state index in [0.29, 0.717) is 41.9 Å². The van der Waals surface area contributed by atoms with E-state index in [0.717, 1.165) is 23.3 Å². The quantitative estimate of drug-likeness (QED) is 0.493. The first-order valence-corrected chi connectivity index (χ1v) is 10.4. The highest BCUT2D eigenvalue weighted by atomic mass is 32.1. The Kier molecular flexibility index (Phi) is 7.75. The summed E-state index contributed by atoms with van der Waals surface area (Å²) >= 11 is 1.19. The number of benzene rings is 2. The number of carbonyl (C=O) groups excluding carboxylic acids is 1. The van der Waals surface area contributed by atoms with E-state index in [4.69, 9.17) is 14.2 Å². The predicted octanol–water partition coefficient (Wildman–Crippen LogP) is 4.00. The predicted molar refractivity (Wildman–Crippen MR) is 116 cm³/mol. The second-order valence-corrected chi connectivity index (χ2v) is 7.40. The Balaban J connectivity index is 1.65. The molecule has 7 nitrogen and oxygen atoms in total. The zero-order chi connectivity index (χ0) is 21.3. The summed E-state index contributed by atoms with van der Waals surface area (Å²) < 4.78 is 20.6. The molecule has 8 heteroatoms. The summed E-state index contributed by atoms with van der Waals surface area (Å²) in [7, 11) is 3.28. The van der Waals surface area contributed by atoms with Crippen molar-refractivity contribution in [2.24, 2.45) is 0 Å². The van der Waals surface area contributed by atoms with Crippen LogP contribution in [0.4, 0.5) is 0 Å². The summed E-state index contributed by atoms with van der Waals surface area (Å²) in [5.41, 5.74) is 2.51. The molecule has 1 amide bonds. The third kappa shape index (κ3) is 6.01. The fraction of sp³-hybridized carbons (Fsp3) is 0.318. The Morgan fingerprint density at radius 1 is 1.17 bits per heavy atom. The summed E-state index contributed by atoms with van der Waals surface area (Å²) in [5, 5.41) is 3.31. The molecular formula is C22H25N3O4S. The molecule has 3 aromatic rings. The van der Waals surface area contributed by atoms with Crippen LogP contribution in [-0.4, -0.2) is 42.6 Å². The Morgan fingerprint density at radius 3 is 2.83 bits per heavy atom. The average molecular weight is 428 g/mol. The van der Waals surface area contributed by atoms with Crippen molar-refractivity contribution >= 4 is 17.4 Å². The highest BCUT2D eigenvalue weighted by Gasteiger charge is 2.12. The Labute approximate surface area is 180 Å². The molecule has 2 aromatic carbocycles. The first kappa shape index (κ1) is 21.7. The maximum Gasteiger partial charge on any atom is 0.298 e. The fourth-order valence-electron chi connectivity index (χ4n) is 2.78. The van der Waals surface area contributed by atoms with Crippen LogP contribution >= 0.6 is 11.5 Å². The number of rotatable bonds is 10. The van der Waals surface area contributed by atoms with Crippen LogP contribution in [0.15, 0.2) is 42.5 Å². The number of nitrogens with zero attached hydrogens (tertiary/aromatic N) is 2. The zero-order valence-electron chi connectivity index (χ0n) is 17.3. The van der Waals surface area contributed by atoms with Gasteiger partial charge in [-0.3, -0.25) is 4.79 Å². The van der Waals surface area contributed by atoms with Crippen LogP contribution in [0.3, 0.4) is 0 Å². The molecule has 0 fully saturated rings. The Bertz CT molecular complexity index is 990. The minimum atomic E-state index is -0.146. The van der Waals surface area contributed by atoms with Crippen LogP contribution < -0.4 is 14.8 Å². The van der Waals surface area contributed by atoms with Gasteiger partial charge in [-0.2, -0.15) is 9.36 Å². The number of amides is 1. The van der Waals surface area contributed by atoms with Crippen molar-refractivity contribution in [1.29, 1.82) is 0 Å². The number of carbonyl (C=O) groups is 1. The third-order valence-corrected chi connectivity index (χ3v) is 5.04. The van der Waals surface area contributed by atoms with E-state index in [2.05, 4.69) is 14.7 Å². The number of ether oxygens (including phenoxy) is 3. The van der Waals surface area contributed by atoms with Crippen molar-refractivity contribution in [1.82, 2.24) is 14.7 Å². The first-order chi connectivity index (χ1) is 14.6. The van der Waals surface area contributed by atoms with Crippen molar-refractivity contribution in [3.8, 4) is 16.7 Å². The highest BCUT2D eigenvalue weighted by Crippen LogP contribution is 2.28. The molecule has 0 aliphatic rings. The molecule has 30 heavy (non-hydrogen) atoms. The molecule has 0 aliphatic heterocycles. The van der Waals surface area contributed by atoms with E-state index in [1.54, 1.807) is 26.4 Å². The summed E-state index contributed by atoms with van der Waals surface area (Å²) in [6.45, 7) is 3.09. The van der Waals surface area contributed by atoms with Gasteiger partial charge in [0.15, 0.2) is 5.82 Å². The third-order valence-electron chi connectivity index (χ3n) is 4.40.